The van der Waals surface area contributed by atoms with Crippen molar-refractivity contribution in [3.8, 4) is 5.75 Å². The monoisotopic (exact) mass is 412 g/mol. The van der Waals surface area contributed by atoms with Crippen molar-refractivity contribution < 1.29 is 24.5 Å². The summed E-state index contributed by atoms with van der Waals surface area (Å²) in [4.78, 5) is 23.5. The van der Waals surface area contributed by atoms with Gasteiger partial charge in [0.25, 0.3) is 0 Å². The molecule has 2 rings (SSSR count). The summed E-state index contributed by atoms with van der Waals surface area (Å²) in [6, 6.07) is 19.0. The van der Waals surface area contributed by atoms with Crippen LogP contribution in [0, 0.1) is 0 Å². The van der Waals surface area contributed by atoms with Crippen molar-refractivity contribution in [1.29, 1.82) is 0 Å². The minimum absolute atomic E-state index is 0.384. The third kappa shape index (κ3) is 10.9. The van der Waals surface area contributed by atoms with Crippen LogP contribution in [0.3, 0.4) is 0 Å². The number of aliphatic carboxylic acids is 2. The van der Waals surface area contributed by atoms with Crippen molar-refractivity contribution in [2.75, 3.05) is 38.7 Å². The summed E-state index contributed by atoms with van der Waals surface area (Å²) in [5.41, 5.74) is 2.56. The molecular formula is C23H28N2O5-2. The van der Waals surface area contributed by atoms with Crippen LogP contribution in [0.2, 0.25) is 0 Å². The molecule has 162 valence electrons. The molecule has 7 nitrogen and oxygen atoms in total. The third-order valence-electron chi connectivity index (χ3n) is 3.90. The largest absolute Gasteiger partial charge is 0.545 e. The van der Waals surface area contributed by atoms with Crippen LogP contribution in [-0.2, 0) is 16.1 Å². The van der Waals surface area contributed by atoms with Crippen molar-refractivity contribution in [2.45, 2.75) is 13.5 Å². The molecule has 0 spiro atoms. The molecule has 0 aromatic heterocycles. The molecule has 7 heteroatoms. The van der Waals surface area contributed by atoms with E-state index in [1.54, 1.807) is 0 Å². The maximum atomic E-state index is 9.41. The highest BCUT2D eigenvalue weighted by Crippen LogP contribution is 2.21. The van der Waals surface area contributed by atoms with Gasteiger partial charge in [-0.05, 0) is 63.0 Å². The van der Waals surface area contributed by atoms with Crippen molar-refractivity contribution >= 4 is 17.6 Å². The molecule has 0 aliphatic heterocycles. The predicted molar refractivity (Wildman–Crippen MR) is 113 cm³/mol. The second-order valence-corrected chi connectivity index (χ2v) is 6.61. The summed E-state index contributed by atoms with van der Waals surface area (Å²) in [6.45, 7) is 5.65. The average molecular weight is 412 g/mol. The number of benzene rings is 2. The van der Waals surface area contributed by atoms with Gasteiger partial charge >= 0.3 is 0 Å². The van der Waals surface area contributed by atoms with E-state index in [-0.39, 0.29) is 0 Å². The summed E-state index contributed by atoms with van der Waals surface area (Å²) < 4.78 is 5.53. The molecule has 0 unspecified atom stereocenters. The van der Waals surface area contributed by atoms with E-state index in [1.807, 2.05) is 19.1 Å². The standard InChI is InChI=1S/C19H26N2O.C4H4O4/c1-4-22-19-12-10-18(11-13-19)21(15-14-20(2)3)16-17-8-6-5-7-9-17;5-3(6)1-2-4(7)8/h5-13H,4,14-16H2,1-3H3;1-2H,(H,5,6)(H,7,8)/p-2/b;2-1+. The molecule has 0 heterocycles. The molecule has 0 amide bonds. The van der Waals surface area contributed by atoms with E-state index in [1.165, 1.54) is 11.3 Å². The number of rotatable bonds is 10. The number of likely N-dealkylation sites (N-methyl/N-ethyl adjacent to an activating group) is 1. The number of carboxylic acids is 2. The van der Waals surface area contributed by atoms with E-state index in [2.05, 4.69) is 66.4 Å². The van der Waals surface area contributed by atoms with Gasteiger partial charge in [0.2, 0.25) is 0 Å². The molecule has 0 aliphatic rings. The molecule has 0 saturated heterocycles. The normalized spacial score (nSPS) is 10.4. The zero-order valence-electron chi connectivity index (χ0n) is 17.6. The molecule has 2 aromatic carbocycles. The second kappa shape index (κ2) is 13.8. The topological polar surface area (TPSA) is 96.0 Å². The van der Waals surface area contributed by atoms with Crippen LogP contribution in [0.5, 0.6) is 5.75 Å². The van der Waals surface area contributed by atoms with E-state index < -0.39 is 11.9 Å². The molecule has 0 aliphatic carbocycles. The highest BCUT2D eigenvalue weighted by Gasteiger charge is 2.08. The Morgan fingerprint density at radius 2 is 1.47 bits per heavy atom. The van der Waals surface area contributed by atoms with Crippen LogP contribution in [0.25, 0.3) is 0 Å². The first-order valence-corrected chi connectivity index (χ1v) is 9.58. The van der Waals surface area contributed by atoms with Crippen molar-refractivity contribution in [3.05, 3.63) is 72.3 Å². The lowest BCUT2D eigenvalue weighted by molar-refractivity contribution is -0.301. The molecule has 0 saturated carbocycles. The van der Waals surface area contributed by atoms with Gasteiger partial charge in [0, 0.05) is 25.3 Å². The van der Waals surface area contributed by atoms with Gasteiger partial charge in [-0.2, -0.15) is 0 Å². The number of carbonyl (C=O) groups excluding carboxylic acids is 2. The quantitative estimate of drug-likeness (QED) is 0.530. The summed E-state index contributed by atoms with van der Waals surface area (Å²) in [6.07, 6.45) is 0.769. The van der Waals surface area contributed by atoms with Gasteiger partial charge in [0.15, 0.2) is 0 Å². The Labute approximate surface area is 177 Å². The van der Waals surface area contributed by atoms with Crippen molar-refractivity contribution in [3.63, 3.8) is 0 Å². The smallest absolute Gasteiger partial charge is 0.119 e. The minimum Gasteiger partial charge on any atom is -0.545 e. The number of carbonyl (C=O) groups is 2. The van der Waals surface area contributed by atoms with E-state index in [9.17, 15) is 19.8 Å². The van der Waals surface area contributed by atoms with Gasteiger partial charge in [0.1, 0.15) is 5.75 Å². The first kappa shape index (κ1) is 24.7. The minimum atomic E-state index is -1.55. The fourth-order valence-corrected chi connectivity index (χ4v) is 2.48. The van der Waals surface area contributed by atoms with Gasteiger partial charge in [0.05, 0.1) is 18.5 Å². The first-order chi connectivity index (χ1) is 14.3. The molecule has 0 N–H and O–H groups in total. The van der Waals surface area contributed by atoms with Gasteiger partial charge in [-0.15, -0.1) is 0 Å². The van der Waals surface area contributed by atoms with Gasteiger partial charge in [-0.1, -0.05) is 30.3 Å². The van der Waals surface area contributed by atoms with Crippen molar-refractivity contribution in [1.82, 2.24) is 4.90 Å². The van der Waals surface area contributed by atoms with Gasteiger partial charge in [-0.25, -0.2) is 0 Å². The highest BCUT2D eigenvalue weighted by molar-refractivity contribution is 5.87. The summed E-state index contributed by atoms with van der Waals surface area (Å²) in [7, 11) is 4.22. The van der Waals surface area contributed by atoms with E-state index in [0.717, 1.165) is 25.4 Å². The SMILES string of the molecule is CCOc1ccc(N(CCN(C)C)Cc2ccccc2)cc1.O=C([O-])/C=C/C(=O)[O-]. The van der Waals surface area contributed by atoms with Crippen LogP contribution in [-0.4, -0.2) is 50.6 Å². The van der Waals surface area contributed by atoms with Crippen LogP contribution in [0.15, 0.2) is 66.7 Å². The Bertz CT molecular complexity index is 773. The lowest BCUT2D eigenvalue weighted by Crippen LogP contribution is -2.31. The number of hydrogen-bond acceptors (Lipinski definition) is 7. The average Bonchev–Trinajstić information content (AvgIpc) is 2.71. The Morgan fingerprint density at radius 3 is 1.93 bits per heavy atom. The van der Waals surface area contributed by atoms with Crippen molar-refractivity contribution in [2.24, 2.45) is 0 Å². The Hall–Kier alpha value is -3.32. The number of ether oxygens (including phenoxy) is 1. The predicted octanol–water partition coefficient (Wildman–Crippen LogP) is 0.696. The zero-order chi connectivity index (χ0) is 22.4. The Kier molecular flexibility index (Phi) is 11.4. The molecule has 0 atom stereocenters. The number of carboxylic acid groups (broad SMARTS) is 2. The van der Waals surface area contributed by atoms with E-state index in [4.69, 9.17) is 4.74 Å². The molecule has 0 radical (unpaired) electrons. The molecule has 0 fully saturated rings. The number of hydrogen-bond donors (Lipinski definition) is 0. The molecule has 0 bridgehead atoms. The summed E-state index contributed by atoms with van der Waals surface area (Å²) in [5, 5.41) is 18.8. The maximum absolute atomic E-state index is 9.41. The molecule has 30 heavy (non-hydrogen) atoms. The third-order valence-corrected chi connectivity index (χ3v) is 3.90. The van der Waals surface area contributed by atoms with E-state index >= 15 is 0 Å². The first-order valence-electron chi connectivity index (χ1n) is 9.58. The fourth-order valence-electron chi connectivity index (χ4n) is 2.48. The molecular weight excluding hydrogens is 384 g/mol. The molecule has 2 aromatic rings. The highest BCUT2D eigenvalue weighted by atomic mass is 16.5. The maximum Gasteiger partial charge on any atom is 0.119 e. The fraction of sp³-hybridized carbons (Fsp3) is 0.304. The number of anilines is 1. The second-order valence-electron chi connectivity index (χ2n) is 6.61. The zero-order valence-corrected chi connectivity index (χ0v) is 17.6. The summed E-state index contributed by atoms with van der Waals surface area (Å²) >= 11 is 0. The van der Waals surface area contributed by atoms with Crippen LogP contribution in [0.4, 0.5) is 5.69 Å². The summed E-state index contributed by atoms with van der Waals surface area (Å²) in [5.74, 6) is -2.16. The van der Waals surface area contributed by atoms with Crippen LogP contribution >= 0.6 is 0 Å². The van der Waals surface area contributed by atoms with Gasteiger partial charge < -0.3 is 34.3 Å². The van der Waals surface area contributed by atoms with Crippen LogP contribution < -0.4 is 19.8 Å². The number of nitrogens with zero attached hydrogens (tertiary/aromatic N) is 2. The Morgan fingerprint density at radius 1 is 0.900 bits per heavy atom. The lowest BCUT2D eigenvalue weighted by Gasteiger charge is -2.27. The Balaban J connectivity index is 0.000000479. The van der Waals surface area contributed by atoms with Crippen LogP contribution in [0.1, 0.15) is 12.5 Å². The lowest BCUT2D eigenvalue weighted by atomic mass is 10.2. The van der Waals surface area contributed by atoms with E-state index in [0.29, 0.717) is 18.8 Å². The van der Waals surface area contributed by atoms with Gasteiger partial charge in [-0.3, -0.25) is 0 Å².